The highest BCUT2D eigenvalue weighted by atomic mass is 16.5. The third-order valence-corrected chi connectivity index (χ3v) is 2.76. The lowest BCUT2D eigenvalue weighted by atomic mass is 10.4. The van der Waals surface area contributed by atoms with Gasteiger partial charge in [0.05, 0.1) is 26.4 Å². The maximum atomic E-state index is 11.7. The molecule has 0 saturated heterocycles. The van der Waals surface area contributed by atoms with Gasteiger partial charge in [0.2, 0.25) is 0 Å². The summed E-state index contributed by atoms with van der Waals surface area (Å²) in [6.45, 7) is 1.74. The SMILES string of the molecule is COCCn1c(N)c(NCCCOCCO)c(=O)[nH]c1=O. The first kappa shape index (κ1) is 17.2. The van der Waals surface area contributed by atoms with Gasteiger partial charge in [-0.2, -0.15) is 0 Å². The molecule has 9 nitrogen and oxygen atoms in total. The quantitative estimate of drug-likeness (QED) is 0.390. The number of aromatic amines is 1. The van der Waals surface area contributed by atoms with Crippen molar-refractivity contribution < 1.29 is 14.6 Å². The molecule has 0 atom stereocenters. The zero-order valence-electron chi connectivity index (χ0n) is 12.1. The Morgan fingerprint density at radius 2 is 2.10 bits per heavy atom. The number of nitrogens with two attached hydrogens (primary N) is 1. The number of hydrogen-bond donors (Lipinski definition) is 4. The zero-order chi connectivity index (χ0) is 15.7. The molecule has 1 aromatic heterocycles. The second kappa shape index (κ2) is 9.16. The van der Waals surface area contributed by atoms with E-state index in [0.29, 0.717) is 26.2 Å². The summed E-state index contributed by atoms with van der Waals surface area (Å²) in [5.41, 5.74) is 4.89. The molecule has 1 aromatic rings. The van der Waals surface area contributed by atoms with E-state index in [4.69, 9.17) is 20.3 Å². The normalized spacial score (nSPS) is 10.8. The third kappa shape index (κ3) is 5.21. The number of hydrogen-bond acceptors (Lipinski definition) is 7. The summed E-state index contributed by atoms with van der Waals surface area (Å²) in [5.74, 6) is 0.0806. The number of ether oxygens (including phenoxy) is 2. The molecule has 0 aliphatic heterocycles. The van der Waals surface area contributed by atoms with Gasteiger partial charge in [-0.1, -0.05) is 0 Å². The van der Waals surface area contributed by atoms with Crippen LogP contribution in [0.4, 0.5) is 11.5 Å². The molecule has 0 aliphatic rings. The molecule has 0 amide bonds. The Morgan fingerprint density at radius 3 is 2.76 bits per heavy atom. The Morgan fingerprint density at radius 1 is 1.33 bits per heavy atom. The van der Waals surface area contributed by atoms with E-state index in [1.165, 1.54) is 11.7 Å². The molecule has 0 saturated carbocycles. The number of anilines is 2. The standard InChI is InChI=1S/C12H22N4O5/c1-20-7-4-16-10(13)9(11(18)15-12(16)19)14-3-2-6-21-8-5-17/h14,17H,2-8,13H2,1H3,(H,15,18,19). The smallest absolute Gasteiger partial charge is 0.330 e. The van der Waals surface area contributed by atoms with E-state index in [0.717, 1.165) is 0 Å². The molecule has 120 valence electrons. The first-order valence-electron chi connectivity index (χ1n) is 6.65. The topological polar surface area (TPSA) is 132 Å². The van der Waals surface area contributed by atoms with Gasteiger partial charge in [0, 0.05) is 20.3 Å². The lowest BCUT2D eigenvalue weighted by molar-refractivity contribution is 0.0922. The molecule has 1 heterocycles. The molecule has 0 bridgehead atoms. The lowest BCUT2D eigenvalue weighted by Gasteiger charge is -2.13. The van der Waals surface area contributed by atoms with Crippen LogP contribution in [0.25, 0.3) is 0 Å². The van der Waals surface area contributed by atoms with Crippen molar-refractivity contribution >= 4 is 11.5 Å². The number of nitrogen functional groups attached to an aromatic ring is 1. The summed E-state index contributed by atoms with van der Waals surface area (Å²) in [5, 5.41) is 11.4. The van der Waals surface area contributed by atoms with Crippen LogP contribution >= 0.6 is 0 Å². The van der Waals surface area contributed by atoms with Crippen LogP contribution < -0.4 is 22.3 Å². The highest BCUT2D eigenvalue weighted by molar-refractivity contribution is 5.60. The molecule has 9 heteroatoms. The van der Waals surface area contributed by atoms with Gasteiger partial charge in [-0.05, 0) is 6.42 Å². The second-order valence-electron chi connectivity index (χ2n) is 4.28. The predicted molar refractivity (Wildman–Crippen MR) is 78.6 cm³/mol. The van der Waals surface area contributed by atoms with Crippen molar-refractivity contribution in [3.8, 4) is 0 Å². The van der Waals surface area contributed by atoms with Crippen molar-refractivity contribution in [3.63, 3.8) is 0 Å². The van der Waals surface area contributed by atoms with E-state index in [1.54, 1.807) is 0 Å². The average Bonchev–Trinajstić information content (AvgIpc) is 2.45. The maximum absolute atomic E-state index is 11.7. The van der Waals surface area contributed by atoms with Crippen LogP contribution in [0.15, 0.2) is 9.59 Å². The molecule has 1 rings (SSSR count). The molecular formula is C12H22N4O5. The Labute approximate surface area is 121 Å². The van der Waals surface area contributed by atoms with Crippen LogP contribution in [0.5, 0.6) is 0 Å². The van der Waals surface area contributed by atoms with Crippen LogP contribution in [0.3, 0.4) is 0 Å². The van der Waals surface area contributed by atoms with Crippen LogP contribution in [-0.2, 0) is 16.0 Å². The largest absolute Gasteiger partial charge is 0.394 e. The maximum Gasteiger partial charge on any atom is 0.330 e. The summed E-state index contributed by atoms with van der Waals surface area (Å²) in [6, 6.07) is 0. The van der Waals surface area contributed by atoms with Gasteiger partial charge in [-0.25, -0.2) is 4.79 Å². The Kier molecular flexibility index (Phi) is 7.51. The van der Waals surface area contributed by atoms with Gasteiger partial charge >= 0.3 is 5.69 Å². The number of methoxy groups -OCH3 is 1. The average molecular weight is 302 g/mol. The van der Waals surface area contributed by atoms with Crippen molar-refractivity contribution in [2.24, 2.45) is 0 Å². The van der Waals surface area contributed by atoms with Gasteiger partial charge < -0.3 is 25.6 Å². The van der Waals surface area contributed by atoms with E-state index < -0.39 is 11.2 Å². The molecular weight excluding hydrogens is 280 g/mol. The van der Waals surface area contributed by atoms with E-state index in [1.807, 2.05) is 0 Å². The Bertz CT molecular complexity index is 539. The van der Waals surface area contributed by atoms with E-state index >= 15 is 0 Å². The van der Waals surface area contributed by atoms with Crippen molar-refractivity contribution in [2.45, 2.75) is 13.0 Å². The first-order valence-corrected chi connectivity index (χ1v) is 6.65. The number of nitrogens with one attached hydrogen (secondary N) is 2. The number of rotatable bonds is 10. The van der Waals surface area contributed by atoms with Crippen molar-refractivity contribution in [1.82, 2.24) is 9.55 Å². The van der Waals surface area contributed by atoms with Crippen LogP contribution in [-0.4, -0.2) is 54.7 Å². The van der Waals surface area contributed by atoms with Gasteiger partial charge in [0.15, 0.2) is 0 Å². The monoisotopic (exact) mass is 302 g/mol. The minimum Gasteiger partial charge on any atom is -0.394 e. The summed E-state index contributed by atoms with van der Waals surface area (Å²) in [7, 11) is 1.51. The molecule has 0 radical (unpaired) electrons. The number of nitrogens with zero attached hydrogens (tertiary/aromatic N) is 1. The predicted octanol–water partition coefficient (Wildman–Crippen LogP) is -1.42. The van der Waals surface area contributed by atoms with Crippen LogP contribution in [0.1, 0.15) is 6.42 Å². The molecule has 0 fully saturated rings. The number of aliphatic hydroxyl groups excluding tert-OH is 1. The highest BCUT2D eigenvalue weighted by Crippen LogP contribution is 2.09. The van der Waals surface area contributed by atoms with E-state index in [9.17, 15) is 9.59 Å². The van der Waals surface area contributed by atoms with Gasteiger partial charge in [0.25, 0.3) is 5.56 Å². The van der Waals surface area contributed by atoms with E-state index in [2.05, 4.69) is 10.3 Å². The highest BCUT2D eigenvalue weighted by Gasteiger charge is 2.11. The zero-order valence-corrected chi connectivity index (χ0v) is 12.1. The fourth-order valence-electron chi connectivity index (χ4n) is 1.72. The van der Waals surface area contributed by atoms with E-state index in [-0.39, 0.29) is 31.3 Å². The lowest BCUT2D eigenvalue weighted by Crippen LogP contribution is -2.35. The summed E-state index contributed by atoms with van der Waals surface area (Å²) in [4.78, 5) is 25.6. The number of aromatic nitrogens is 2. The van der Waals surface area contributed by atoms with Crippen molar-refractivity contribution in [2.75, 3.05) is 51.1 Å². The van der Waals surface area contributed by atoms with Crippen LogP contribution in [0, 0.1) is 0 Å². The van der Waals surface area contributed by atoms with Gasteiger partial charge in [0.1, 0.15) is 11.5 Å². The van der Waals surface area contributed by atoms with Gasteiger partial charge in [-0.3, -0.25) is 14.3 Å². The second-order valence-corrected chi connectivity index (χ2v) is 4.28. The van der Waals surface area contributed by atoms with Crippen molar-refractivity contribution in [1.29, 1.82) is 0 Å². The molecule has 5 N–H and O–H groups in total. The molecule has 0 spiro atoms. The van der Waals surface area contributed by atoms with Crippen LogP contribution in [0.2, 0.25) is 0 Å². The summed E-state index contributed by atoms with van der Waals surface area (Å²) >= 11 is 0. The Balaban J connectivity index is 2.68. The fourth-order valence-corrected chi connectivity index (χ4v) is 1.72. The number of H-pyrrole nitrogens is 1. The number of aliphatic hydroxyl groups is 1. The third-order valence-electron chi connectivity index (χ3n) is 2.76. The molecule has 0 unspecified atom stereocenters. The summed E-state index contributed by atoms with van der Waals surface area (Å²) < 4.78 is 11.2. The molecule has 21 heavy (non-hydrogen) atoms. The van der Waals surface area contributed by atoms with Crippen molar-refractivity contribution in [3.05, 3.63) is 20.8 Å². The molecule has 0 aromatic carbocycles. The minimum absolute atomic E-state index is 0.0233. The fraction of sp³-hybridized carbons (Fsp3) is 0.667. The Hall–Kier alpha value is -1.84. The van der Waals surface area contributed by atoms with Gasteiger partial charge in [-0.15, -0.1) is 0 Å². The molecule has 0 aliphatic carbocycles. The first-order chi connectivity index (χ1) is 10.1. The summed E-state index contributed by atoms with van der Waals surface area (Å²) in [6.07, 6.45) is 0.635. The minimum atomic E-state index is -0.564.